The average Bonchev–Trinajstić information content (AvgIpc) is 2.64. The van der Waals surface area contributed by atoms with Gasteiger partial charge >= 0.3 is 21.1 Å². The summed E-state index contributed by atoms with van der Waals surface area (Å²) in [6, 6.07) is 0. The maximum atomic E-state index is 7.75. The minimum atomic E-state index is 0. The molecule has 1 rings (SSSR count). The molecule has 3 heteroatoms. The van der Waals surface area contributed by atoms with E-state index in [1.807, 2.05) is 0 Å². The normalized spacial score (nSPS) is 11.2. The second-order valence-electron chi connectivity index (χ2n) is 3.10. The summed E-state index contributed by atoms with van der Waals surface area (Å²) in [6.45, 7) is 13.1. The fourth-order valence-corrected chi connectivity index (χ4v) is 1.13. The monoisotopic (exact) mass is 314 g/mol. The molecule has 0 aromatic heterocycles. The van der Waals surface area contributed by atoms with E-state index in [0.29, 0.717) is 0 Å². The van der Waals surface area contributed by atoms with Gasteiger partial charge in [0.2, 0.25) is 0 Å². The summed E-state index contributed by atoms with van der Waals surface area (Å²) in [5.41, 5.74) is 0. The van der Waals surface area contributed by atoms with Crippen molar-refractivity contribution in [3.05, 3.63) is 14.9 Å². The molecule has 1 saturated carbocycles. The zero-order chi connectivity index (χ0) is 11.1. The Bertz CT molecular complexity index is 72.3. The fraction of sp³-hybridized carbons (Fsp3) is 0.692. The number of hydrogen-bond donors (Lipinski definition) is 0. The van der Waals surface area contributed by atoms with Gasteiger partial charge in [0.1, 0.15) is 0 Å². The van der Waals surface area contributed by atoms with Crippen LogP contribution in [0.15, 0.2) is 0 Å². The van der Waals surface area contributed by atoms with E-state index in [-0.39, 0.29) is 35.9 Å². The Hall–Kier alpha value is 0.0283. The largest absolute Gasteiger partial charge is 4.00 e. The van der Waals surface area contributed by atoms with E-state index in [1.165, 1.54) is 32.1 Å². The van der Waals surface area contributed by atoms with Gasteiger partial charge in [0.25, 0.3) is 0 Å². The van der Waals surface area contributed by atoms with Crippen LogP contribution in [0.4, 0.5) is 0 Å². The summed E-state index contributed by atoms with van der Waals surface area (Å²) >= 11 is 0. The molecule has 0 bridgehead atoms. The molecule has 0 unspecified atom stereocenters. The Morgan fingerprint density at radius 2 is 1.12 bits per heavy atom. The minimum absolute atomic E-state index is 0. The topological polar surface area (TPSA) is 34.1 Å². The van der Waals surface area contributed by atoms with E-state index in [1.54, 1.807) is 0 Å². The van der Waals surface area contributed by atoms with Crippen LogP contribution in [0.1, 0.15) is 52.9 Å². The van der Waals surface area contributed by atoms with Gasteiger partial charge in [0.05, 0.1) is 0 Å². The van der Waals surface area contributed by atoms with Gasteiger partial charge in [-0.1, -0.05) is 52.9 Å². The van der Waals surface area contributed by atoms with Crippen molar-refractivity contribution in [3.63, 3.8) is 0 Å². The molecule has 0 aromatic carbocycles. The van der Waals surface area contributed by atoms with Gasteiger partial charge in [0.15, 0.2) is 0 Å². The Balaban J connectivity index is -0.0000000224. The first-order chi connectivity index (χ1) is 6.31. The minimum Gasteiger partial charge on any atom is -0.545 e. The molecule has 0 saturated heterocycles. The summed E-state index contributed by atoms with van der Waals surface area (Å²) in [5, 5.41) is 0. The number of carbonyl (C=O) groups excluding carboxylic acids is 2. The van der Waals surface area contributed by atoms with Crippen molar-refractivity contribution in [3.8, 4) is 0 Å². The van der Waals surface area contributed by atoms with E-state index < -0.39 is 0 Å². The molecule has 1 fully saturated rings. The second-order valence-corrected chi connectivity index (χ2v) is 3.10. The van der Waals surface area contributed by atoms with Crippen molar-refractivity contribution in [2.75, 3.05) is 0 Å². The second kappa shape index (κ2) is 45.9. The molecule has 0 amide bonds. The summed E-state index contributed by atoms with van der Waals surface area (Å²) < 4.78 is 0. The van der Waals surface area contributed by atoms with Crippen LogP contribution in [-0.2, 0) is 30.7 Å². The van der Waals surface area contributed by atoms with Crippen LogP contribution in [0.2, 0.25) is 0 Å². The van der Waals surface area contributed by atoms with Gasteiger partial charge in [-0.15, -0.1) is 0 Å². The third-order valence-corrected chi connectivity index (χ3v) is 1.64. The maximum Gasteiger partial charge on any atom is 4.00 e. The smallest absolute Gasteiger partial charge is 0.545 e. The van der Waals surface area contributed by atoms with Crippen LogP contribution < -0.4 is 0 Å². The average molecular weight is 312 g/mol. The van der Waals surface area contributed by atoms with Crippen LogP contribution in [-0.4, -0.2) is 13.6 Å². The SMILES string of the molecule is CC1CCCC1.CCC.[CH-]=O.[CH-]=O.[CH3-].[CH3-].[Mo+4]. The third-order valence-electron chi connectivity index (χ3n) is 1.64. The molecule has 0 radical (unpaired) electrons. The van der Waals surface area contributed by atoms with Crippen LogP contribution >= 0.6 is 0 Å². The molecule has 1 aliphatic rings. The Morgan fingerprint density at radius 3 is 1.19 bits per heavy atom. The van der Waals surface area contributed by atoms with Gasteiger partial charge in [-0.2, -0.15) is 0 Å². The van der Waals surface area contributed by atoms with E-state index in [9.17, 15) is 0 Å². The molecular formula is C13H28MoO2. The third kappa shape index (κ3) is 48.2. The van der Waals surface area contributed by atoms with E-state index in [4.69, 9.17) is 9.59 Å². The zero-order valence-corrected chi connectivity index (χ0v) is 13.5. The van der Waals surface area contributed by atoms with Crippen molar-refractivity contribution >= 4 is 13.6 Å². The molecule has 0 atom stereocenters. The molecule has 16 heavy (non-hydrogen) atoms. The molecule has 2 nitrogen and oxygen atoms in total. The number of rotatable bonds is 0. The van der Waals surface area contributed by atoms with Crippen molar-refractivity contribution in [2.45, 2.75) is 52.9 Å². The molecule has 98 valence electrons. The van der Waals surface area contributed by atoms with Crippen LogP contribution in [0, 0.1) is 20.8 Å². The molecule has 0 spiro atoms. The number of hydrogen-bond acceptors (Lipinski definition) is 2. The maximum absolute atomic E-state index is 7.75. The van der Waals surface area contributed by atoms with Gasteiger partial charge in [0, 0.05) is 0 Å². The standard InChI is InChI=1S/C6H12.C3H8.2CHO.2CH3.Mo/c1-6-4-2-3-5-6;1-3-2;2*1-2;;;/h6H,2-5H2,1H3;3H2,1-2H3;2*1H;2*1H3;/q;;4*-1;+4. The van der Waals surface area contributed by atoms with Crippen LogP contribution in [0.5, 0.6) is 0 Å². The fourth-order valence-electron chi connectivity index (χ4n) is 1.13. The molecule has 0 N–H and O–H groups in total. The first-order valence-electron chi connectivity index (χ1n) is 4.78. The van der Waals surface area contributed by atoms with Crippen molar-refractivity contribution in [1.29, 1.82) is 0 Å². The van der Waals surface area contributed by atoms with E-state index in [0.717, 1.165) is 5.92 Å². The van der Waals surface area contributed by atoms with Crippen molar-refractivity contribution in [2.24, 2.45) is 5.92 Å². The first-order valence-corrected chi connectivity index (χ1v) is 4.78. The van der Waals surface area contributed by atoms with Gasteiger partial charge in [-0.05, 0) is 5.92 Å². The van der Waals surface area contributed by atoms with Gasteiger partial charge < -0.3 is 24.4 Å². The quantitative estimate of drug-likeness (QED) is 0.385. The van der Waals surface area contributed by atoms with E-state index in [2.05, 4.69) is 34.3 Å². The van der Waals surface area contributed by atoms with Gasteiger partial charge in [-0.3, -0.25) is 13.6 Å². The predicted molar refractivity (Wildman–Crippen MR) is 69.9 cm³/mol. The summed E-state index contributed by atoms with van der Waals surface area (Å²) in [4.78, 5) is 15.5. The summed E-state index contributed by atoms with van der Waals surface area (Å²) in [5.74, 6) is 1.05. The van der Waals surface area contributed by atoms with Crippen LogP contribution in [0.3, 0.4) is 0 Å². The molecule has 1 aliphatic carbocycles. The Kier molecular flexibility index (Phi) is 103. The van der Waals surface area contributed by atoms with Crippen molar-refractivity contribution in [1.82, 2.24) is 0 Å². The molecular weight excluding hydrogens is 284 g/mol. The summed E-state index contributed by atoms with van der Waals surface area (Å²) in [7, 11) is 0. The van der Waals surface area contributed by atoms with Crippen molar-refractivity contribution < 1.29 is 30.7 Å². The Morgan fingerprint density at radius 1 is 0.938 bits per heavy atom. The zero-order valence-electron chi connectivity index (χ0n) is 11.5. The van der Waals surface area contributed by atoms with Crippen LogP contribution in [0.25, 0.3) is 0 Å². The van der Waals surface area contributed by atoms with E-state index >= 15 is 0 Å². The molecule has 0 aliphatic heterocycles. The predicted octanol–water partition coefficient (Wildman–Crippen LogP) is 3.96. The molecule has 0 aromatic rings. The van der Waals surface area contributed by atoms with Gasteiger partial charge in [-0.25, -0.2) is 0 Å². The Labute approximate surface area is 118 Å². The molecule has 0 heterocycles. The summed E-state index contributed by atoms with van der Waals surface area (Å²) in [6.07, 6.45) is 7.20. The first kappa shape index (κ1) is 36.0.